The van der Waals surface area contributed by atoms with E-state index in [4.69, 9.17) is 4.74 Å². The molecule has 1 aliphatic heterocycles. The Morgan fingerprint density at radius 1 is 1.03 bits per heavy atom. The van der Waals surface area contributed by atoms with Gasteiger partial charge in [-0.2, -0.15) is 0 Å². The minimum absolute atomic E-state index is 0. The fraction of sp³-hybridized carbons (Fsp3) is 0.565. The Morgan fingerprint density at radius 3 is 2.33 bits per heavy atom. The summed E-state index contributed by atoms with van der Waals surface area (Å²) in [6, 6.07) is 8.60. The second-order valence-electron chi connectivity index (χ2n) is 8.23. The summed E-state index contributed by atoms with van der Waals surface area (Å²) in [6.07, 6.45) is 9.33. The molecule has 2 heterocycles. The zero-order chi connectivity index (χ0) is 20.2. The molecule has 0 atom stereocenters. The Labute approximate surface area is 184 Å². The lowest BCUT2D eigenvalue weighted by Crippen LogP contribution is -2.31. The molecule has 1 aliphatic carbocycles. The summed E-state index contributed by atoms with van der Waals surface area (Å²) < 4.78 is 8.71. The van der Waals surface area contributed by atoms with Crippen LogP contribution in [0.5, 0.6) is 0 Å². The van der Waals surface area contributed by atoms with Gasteiger partial charge in [-0.05, 0) is 82.2 Å². The van der Waals surface area contributed by atoms with E-state index >= 15 is 0 Å². The number of nitrogens with one attached hydrogen (secondary N) is 1. The lowest BCUT2D eigenvalue weighted by atomic mass is 9.86. The van der Waals surface area contributed by atoms with Crippen LogP contribution in [0.2, 0.25) is 0 Å². The molecule has 1 N–H and O–H groups in total. The molecule has 2 aromatic rings. The monoisotopic (exact) mass is 433 g/mol. The first-order valence-corrected chi connectivity index (χ1v) is 10.9. The van der Waals surface area contributed by atoms with Crippen molar-refractivity contribution in [1.29, 1.82) is 0 Å². The molecule has 1 saturated heterocycles. The number of aromatic nitrogens is 2. The van der Waals surface area contributed by atoms with Gasteiger partial charge >= 0.3 is 11.7 Å². The summed E-state index contributed by atoms with van der Waals surface area (Å²) in [5.41, 5.74) is 2.27. The van der Waals surface area contributed by atoms with E-state index in [1.807, 2.05) is 23.9 Å². The summed E-state index contributed by atoms with van der Waals surface area (Å²) in [5, 5.41) is 3.40. The first kappa shape index (κ1) is 22.6. The van der Waals surface area contributed by atoms with E-state index in [2.05, 4.69) is 29.6 Å². The molecular formula is C23H32ClN3O3. The van der Waals surface area contributed by atoms with Gasteiger partial charge in [-0.1, -0.05) is 12.1 Å². The molecular weight excluding hydrogens is 402 g/mol. The predicted molar refractivity (Wildman–Crippen MR) is 120 cm³/mol. The molecule has 0 amide bonds. The average molecular weight is 434 g/mol. The van der Waals surface area contributed by atoms with Gasteiger partial charge in [0.05, 0.1) is 18.2 Å². The fourth-order valence-corrected chi connectivity index (χ4v) is 4.78. The zero-order valence-corrected chi connectivity index (χ0v) is 18.4. The number of esters is 1. The number of imidazole rings is 1. The predicted octanol–water partition coefficient (Wildman–Crippen LogP) is 3.82. The Balaban J connectivity index is 0.00000256. The highest BCUT2D eigenvalue weighted by molar-refractivity contribution is 5.85. The molecule has 4 rings (SSSR count). The van der Waals surface area contributed by atoms with Crippen LogP contribution in [0.25, 0.3) is 5.69 Å². The number of hydrogen-bond donors (Lipinski definition) is 1. The lowest BCUT2D eigenvalue weighted by molar-refractivity contribution is -0.149. The standard InChI is InChI=1S/C23H31N3O3.ClH/c1-2-29-22(27)19-5-9-21(10-6-19)26-16-15-25(23(26)28)20-7-3-17(4-8-20)18-11-13-24-14-12-18;/h3-4,7-8,15-16,18-19,21,24H,2,5-6,9-14H2,1H3;1H. The van der Waals surface area contributed by atoms with Crippen LogP contribution in [0.3, 0.4) is 0 Å². The van der Waals surface area contributed by atoms with E-state index in [9.17, 15) is 9.59 Å². The van der Waals surface area contributed by atoms with Crippen molar-refractivity contribution in [2.24, 2.45) is 5.92 Å². The Morgan fingerprint density at radius 2 is 1.70 bits per heavy atom. The molecule has 7 heteroatoms. The number of rotatable bonds is 5. The Kier molecular flexibility index (Phi) is 7.78. The van der Waals surface area contributed by atoms with Crippen LogP contribution in [0, 0.1) is 5.92 Å². The van der Waals surface area contributed by atoms with Gasteiger partial charge in [-0.25, -0.2) is 4.79 Å². The number of ether oxygens (including phenoxy) is 1. The second-order valence-corrected chi connectivity index (χ2v) is 8.23. The Bertz CT molecular complexity index is 876. The van der Waals surface area contributed by atoms with E-state index in [0.717, 1.165) is 44.5 Å². The number of nitrogens with zero attached hydrogens (tertiary/aromatic N) is 2. The quantitative estimate of drug-likeness (QED) is 0.728. The van der Waals surface area contributed by atoms with Gasteiger partial charge in [-0.15, -0.1) is 12.4 Å². The van der Waals surface area contributed by atoms with Crippen molar-refractivity contribution in [3.63, 3.8) is 0 Å². The summed E-state index contributed by atoms with van der Waals surface area (Å²) >= 11 is 0. The van der Waals surface area contributed by atoms with Gasteiger partial charge in [0.15, 0.2) is 0 Å². The van der Waals surface area contributed by atoms with Gasteiger partial charge in [0.1, 0.15) is 0 Å². The van der Waals surface area contributed by atoms with Gasteiger partial charge < -0.3 is 10.1 Å². The fourth-order valence-electron chi connectivity index (χ4n) is 4.78. The minimum atomic E-state index is -0.0929. The maximum atomic E-state index is 13.0. The molecule has 164 valence electrons. The van der Waals surface area contributed by atoms with Crippen LogP contribution in [0.4, 0.5) is 0 Å². The summed E-state index contributed by atoms with van der Waals surface area (Å²) in [7, 11) is 0. The normalized spacial score (nSPS) is 22.3. The largest absolute Gasteiger partial charge is 0.466 e. The molecule has 0 unspecified atom stereocenters. The third kappa shape index (κ3) is 4.81. The summed E-state index contributed by atoms with van der Waals surface area (Å²) in [5.74, 6) is 0.498. The smallest absolute Gasteiger partial charge is 0.332 e. The molecule has 1 aromatic carbocycles. The number of hydrogen-bond acceptors (Lipinski definition) is 4. The van der Waals surface area contributed by atoms with Gasteiger partial charge in [0.2, 0.25) is 0 Å². The number of piperidine rings is 1. The zero-order valence-electron chi connectivity index (χ0n) is 17.6. The third-order valence-electron chi connectivity index (χ3n) is 6.50. The van der Waals surface area contributed by atoms with Gasteiger partial charge in [0.25, 0.3) is 0 Å². The van der Waals surface area contributed by atoms with Crippen molar-refractivity contribution >= 4 is 18.4 Å². The van der Waals surface area contributed by atoms with E-state index in [-0.39, 0.29) is 36.0 Å². The van der Waals surface area contributed by atoms with Gasteiger partial charge in [-0.3, -0.25) is 13.9 Å². The van der Waals surface area contributed by atoms with Gasteiger partial charge in [0, 0.05) is 18.4 Å². The van der Waals surface area contributed by atoms with Crippen molar-refractivity contribution in [2.45, 2.75) is 57.4 Å². The molecule has 0 radical (unpaired) electrons. The third-order valence-corrected chi connectivity index (χ3v) is 6.50. The molecule has 2 fully saturated rings. The lowest BCUT2D eigenvalue weighted by Gasteiger charge is -2.27. The SMILES string of the molecule is CCOC(=O)C1CCC(n2ccn(-c3ccc(C4CCNCC4)cc3)c2=O)CC1.Cl. The minimum Gasteiger partial charge on any atom is -0.466 e. The van der Waals surface area contributed by atoms with E-state index in [1.165, 1.54) is 18.4 Å². The number of carbonyl (C=O) groups excluding carboxylic acids is 1. The van der Waals surface area contributed by atoms with E-state index < -0.39 is 0 Å². The van der Waals surface area contributed by atoms with Crippen LogP contribution in [0.1, 0.15) is 63.0 Å². The Hall–Kier alpha value is -2.05. The summed E-state index contributed by atoms with van der Waals surface area (Å²) in [6.45, 7) is 4.42. The molecule has 1 saturated carbocycles. The van der Waals surface area contributed by atoms with Crippen LogP contribution in [0.15, 0.2) is 41.5 Å². The maximum absolute atomic E-state index is 13.0. The van der Waals surface area contributed by atoms with Crippen molar-refractivity contribution in [3.05, 3.63) is 52.7 Å². The molecule has 6 nitrogen and oxygen atoms in total. The van der Waals surface area contributed by atoms with Crippen LogP contribution in [-0.2, 0) is 9.53 Å². The first-order chi connectivity index (χ1) is 14.2. The highest BCUT2D eigenvalue weighted by Gasteiger charge is 2.29. The highest BCUT2D eigenvalue weighted by Crippen LogP contribution is 2.32. The first-order valence-electron chi connectivity index (χ1n) is 10.9. The second kappa shape index (κ2) is 10.3. The molecule has 0 bridgehead atoms. The molecule has 0 spiro atoms. The molecule has 2 aliphatic rings. The topological polar surface area (TPSA) is 65.3 Å². The van der Waals surface area contributed by atoms with Crippen molar-refractivity contribution in [2.75, 3.05) is 19.7 Å². The maximum Gasteiger partial charge on any atom is 0.332 e. The van der Waals surface area contributed by atoms with Crippen molar-refractivity contribution in [3.8, 4) is 5.69 Å². The van der Waals surface area contributed by atoms with Crippen molar-refractivity contribution in [1.82, 2.24) is 14.5 Å². The number of carbonyl (C=O) groups is 1. The van der Waals surface area contributed by atoms with E-state index in [0.29, 0.717) is 12.5 Å². The number of benzene rings is 1. The van der Waals surface area contributed by atoms with Crippen molar-refractivity contribution < 1.29 is 9.53 Å². The number of halogens is 1. The average Bonchev–Trinajstić information content (AvgIpc) is 3.16. The van der Waals surface area contributed by atoms with Crippen LogP contribution in [-0.4, -0.2) is 34.8 Å². The van der Waals surface area contributed by atoms with E-state index in [1.54, 1.807) is 4.57 Å². The van der Waals surface area contributed by atoms with Crippen LogP contribution >= 0.6 is 12.4 Å². The summed E-state index contributed by atoms with van der Waals surface area (Å²) in [4.78, 5) is 24.9. The van der Waals surface area contributed by atoms with Crippen LogP contribution < -0.4 is 11.0 Å². The molecule has 30 heavy (non-hydrogen) atoms. The highest BCUT2D eigenvalue weighted by atomic mass is 35.5. The molecule has 1 aromatic heterocycles.